The fourth-order valence-electron chi connectivity index (χ4n) is 3.45. The summed E-state index contributed by atoms with van der Waals surface area (Å²) in [5.41, 5.74) is 0.471. The summed E-state index contributed by atoms with van der Waals surface area (Å²) in [6.45, 7) is 5.66. The fourth-order valence-corrected chi connectivity index (χ4v) is 3.45. The summed E-state index contributed by atoms with van der Waals surface area (Å²) in [4.78, 5) is 26.0. The van der Waals surface area contributed by atoms with Crippen molar-refractivity contribution < 1.29 is 24.9 Å². The van der Waals surface area contributed by atoms with Crippen LogP contribution in [0, 0.1) is 12.8 Å². The Hall–Kier alpha value is -2.82. The molecule has 0 saturated carbocycles. The normalized spacial score (nSPS) is 14.1. The molecule has 0 saturated heterocycles. The van der Waals surface area contributed by atoms with Crippen molar-refractivity contribution >= 4 is 11.6 Å². The lowest BCUT2D eigenvalue weighted by atomic mass is 9.78. The van der Waals surface area contributed by atoms with Gasteiger partial charge in [0, 0.05) is 22.3 Å². The zero-order valence-corrected chi connectivity index (χ0v) is 15.1. The lowest BCUT2D eigenvalue weighted by Gasteiger charge is -2.24. The van der Waals surface area contributed by atoms with Gasteiger partial charge >= 0.3 is 0 Å². The molecule has 1 atom stereocenters. The molecule has 3 N–H and O–H groups in total. The van der Waals surface area contributed by atoms with Crippen molar-refractivity contribution in [2.24, 2.45) is 5.92 Å². The second-order valence-electron chi connectivity index (χ2n) is 6.96. The molecule has 0 heterocycles. The fraction of sp³-hybridized carbons (Fsp3) is 0.333. The number of benzene rings is 2. The highest BCUT2D eigenvalue weighted by Gasteiger charge is 2.38. The summed E-state index contributed by atoms with van der Waals surface area (Å²) in [6, 6.07) is 4.29. The first kappa shape index (κ1) is 18.0. The van der Waals surface area contributed by atoms with Gasteiger partial charge in [0.2, 0.25) is 0 Å². The SMILES string of the molecule is CC[C@H](C)CCc1c(O)c(C)c(O)c2c1C(=O)c1c(O)cccc1C2=O. The minimum absolute atomic E-state index is 0.00732. The zero-order chi connectivity index (χ0) is 19.2. The Morgan fingerprint density at radius 3 is 2.31 bits per heavy atom. The number of phenols is 3. The Morgan fingerprint density at radius 1 is 0.962 bits per heavy atom. The Balaban J connectivity index is 2.28. The van der Waals surface area contributed by atoms with E-state index in [9.17, 15) is 24.9 Å². The van der Waals surface area contributed by atoms with Gasteiger partial charge < -0.3 is 15.3 Å². The lowest BCUT2D eigenvalue weighted by molar-refractivity contribution is 0.0973. The van der Waals surface area contributed by atoms with Crippen molar-refractivity contribution in [1.29, 1.82) is 0 Å². The molecule has 26 heavy (non-hydrogen) atoms. The number of rotatable bonds is 4. The number of carbonyl (C=O) groups excluding carboxylic acids is 2. The highest BCUT2D eigenvalue weighted by molar-refractivity contribution is 6.31. The first-order chi connectivity index (χ1) is 12.3. The van der Waals surface area contributed by atoms with Crippen molar-refractivity contribution in [3.05, 3.63) is 51.6 Å². The van der Waals surface area contributed by atoms with Crippen molar-refractivity contribution in [3.8, 4) is 17.2 Å². The molecule has 5 heteroatoms. The number of hydrogen-bond donors (Lipinski definition) is 3. The smallest absolute Gasteiger partial charge is 0.198 e. The molecule has 0 aromatic heterocycles. The van der Waals surface area contributed by atoms with E-state index in [0.717, 1.165) is 12.8 Å². The van der Waals surface area contributed by atoms with Crippen LogP contribution >= 0.6 is 0 Å². The van der Waals surface area contributed by atoms with Gasteiger partial charge in [-0.1, -0.05) is 32.4 Å². The largest absolute Gasteiger partial charge is 0.507 e. The highest BCUT2D eigenvalue weighted by atomic mass is 16.3. The Labute approximate surface area is 151 Å². The molecular formula is C21H22O5. The van der Waals surface area contributed by atoms with Gasteiger partial charge in [0.05, 0.1) is 11.1 Å². The molecule has 3 rings (SSSR count). The van der Waals surface area contributed by atoms with E-state index >= 15 is 0 Å². The third-order valence-electron chi connectivity index (χ3n) is 5.34. The van der Waals surface area contributed by atoms with Crippen LogP contribution in [0.15, 0.2) is 18.2 Å². The summed E-state index contributed by atoms with van der Waals surface area (Å²) >= 11 is 0. The quantitative estimate of drug-likeness (QED) is 0.661. The summed E-state index contributed by atoms with van der Waals surface area (Å²) in [5, 5.41) is 31.1. The summed E-state index contributed by atoms with van der Waals surface area (Å²) in [6.07, 6.45) is 2.10. The van der Waals surface area contributed by atoms with Gasteiger partial charge in [-0.15, -0.1) is 0 Å². The van der Waals surface area contributed by atoms with E-state index < -0.39 is 11.6 Å². The minimum Gasteiger partial charge on any atom is -0.507 e. The zero-order valence-electron chi connectivity index (χ0n) is 15.1. The number of fused-ring (bicyclic) bond motifs is 2. The third kappa shape index (κ3) is 2.55. The minimum atomic E-state index is -0.544. The first-order valence-electron chi connectivity index (χ1n) is 8.78. The van der Waals surface area contributed by atoms with E-state index in [1.54, 1.807) is 0 Å². The van der Waals surface area contributed by atoms with Gasteiger partial charge in [-0.25, -0.2) is 0 Å². The van der Waals surface area contributed by atoms with E-state index in [4.69, 9.17) is 0 Å². The molecule has 2 aromatic carbocycles. The monoisotopic (exact) mass is 354 g/mol. The molecule has 0 aliphatic heterocycles. The molecule has 1 aliphatic carbocycles. The number of ketones is 2. The molecule has 0 bridgehead atoms. The maximum Gasteiger partial charge on any atom is 0.198 e. The molecule has 0 spiro atoms. The second kappa shape index (κ2) is 6.48. The molecule has 0 amide bonds. The van der Waals surface area contributed by atoms with Crippen LogP contribution in [-0.4, -0.2) is 26.9 Å². The Bertz CT molecular complexity index is 927. The first-order valence-corrected chi connectivity index (χ1v) is 8.78. The van der Waals surface area contributed by atoms with Crippen LogP contribution in [0.1, 0.15) is 69.7 Å². The molecule has 0 fully saturated rings. The average molecular weight is 354 g/mol. The van der Waals surface area contributed by atoms with Gasteiger partial charge in [0.1, 0.15) is 17.2 Å². The van der Waals surface area contributed by atoms with Crippen LogP contribution < -0.4 is 0 Å². The maximum absolute atomic E-state index is 13.1. The van der Waals surface area contributed by atoms with Gasteiger partial charge in [0.15, 0.2) is 11.6 Å². The highest BCUT2D eigenvalue weighted by Crippen LogP contribution is 2.44. The van der Waals surface area contributed by atoms with Crippen molar-refractivity contribution in [3.63, 3.8) is 0 Å². The van der Waals surface area contributed by atoms with Crippen LogP contribution in [0.4, 0.5) is 0 Å². The van der Waals surface area contributed by atoms with Gasteiger partial charge in [-0.3, -0.25) is 9.59 Å². The predicted octanol–water partition coefficient (Wildman–Crippen LogP) is 3.87. The summed E-state index contributed by atoms with van der Waals surface area (Å²) in [5.74, 6) is -1.50. The predicted molar refractivity (Wildman–Crippen MR) is 97.3 cm³/mol. The molecule has 0 unspecified atom stereocenters. The Kier molecular flexibility index (Phi) is 4.48. The molecule has 5 nitrogen and oxygen atoms in total. The summed E-state index contributed by atoms with van der Waals surface area (Å²) in [7, 11) is 0. The van der Waals surface area contributed by atoms with Gasteiger partial charge in [-0.2, -0.15) is 0 Å². The standard InChI is InChI=1S/C21H22O5/c1-4-10(2)8-9-13-16-17(19(24)11(3)18(13)23)20(25)12-6-5-7-14(22)15(12)21(16)26/h5-7,10,22-24H,4,8-9H2,1-3H3/t10-/m0/s1. The molecule has 1 aliphatic rings. The Morgan fingerprint density at radius 2 is 1.65 bits per heavy atom. The number of carbonyl (C=O) groups is 2. The van der Waals surface area contributed by atoms with Crippen molar-refractivity contribution in [2.45, 2.75) is 40.0 Å². The molecular weight excluding hydrogens is 332 g/mol. The van der Waals surface area contributed by atoms with E-state index in [2.05, 4.69) is 13.8 Å². The lowest BCUT2D eigenvalue weighted by Crippen LogP contribution is -2.23. The molecule has 136 valence electrons. The number of hydrogen-bond acceptors (Lipinski definition) is 5. The van der Waals surface area contributed by atoms with Gasteiger partial charge in [0.25, 0.3) is 0 Å². The van der Waals surface area contributed by atoms with Crippen molar-refractivity contribution in [1.82, 2.24) is 0 Å². The molecule has 0 radical (unpaired) electrons. The van der Waals surface area contributed by atoms with Crippen LogP contribution in [0.3, 0.4) is 0 Å². The van der Waals surface area contributed by atoms with Crippen LogP contribution in [-0.2, 0) is 6.42 Å². The van der Waals surface area contributed by atoms with E-state index in [1.165, 1.54) is 25.1 Å². The third-order valence-corrected chi connectivity index (χ3v) is 5.34. The van der Waals surface area contributed by atoms with E-state index in [-0.39, 0.29) is 45.1 Å². The van der Waals surface area contributed by atoms with Crippen molar-refractivity contribution in [2.75, 3.05) is 0 Å². The molecule has 2 aromatic rings. The van der Waals surface area contributed by atoms with Gasteiger partial charge in [-0.05, 0) is 31.7 Å². The summed E-state index contributed by atoms with van der Waals surface area (Å²) < 4.78 is 0. The second-order valence-corrected chi connectivity index (χ2v) is 6.96. The van der Waals surface area contributed by atoms with Crippen LogP contribution in [0.2, 0.25) is 0 Å². The topological polar surface area (TPSA) is 94.8 Å². The maximum atomic E-state index is 13.1. The number of aromatic hydroxyl groups is 3. The average Bonchev–Trinajstić information content (AvgIpc) is 2.62. The van der Waals surface area contributed by atoms with E-state index in [1.807, 2.05) is 0 Å². The number of phenolic OH excluding ortho intramolecular Hbond substituents is 3. The van der Waals surface area contributed by atoms with E-state index in [0.29, 0.717) is 17.9 Å². The van der Waals surface area contributed by atoms with Crippen LogP contribution in [0.25, 0.3) is 0 Å². The van der Waals surface area contributed by atoms with Crippen LogP contribution in [0.5, 0.6) is 17.2 Å².